The van der Waals surface area contributed by atoms with Crippen molar-refractivity contribution in [2.24, 2.45) is 0 Å². The number of aromatic nitrogens is 3. The zero-order valence-electron chi connectivity index (χ0n) is 17.9. The van der Waals surface area contributed by atoms with Crippen molar-refractivity contribution in [2.45, 2.75) is 31.5 Å². The van der Waals surface area contributed by atoms with Gasteiger partial charge in [0, 0.05) is 54.9 Å². The third-order valence-electron chi connectivity index (χ3n) is 6.60. The molecule has 2 saturated heterocycles. The molecule has 2 aromatic heterocycles. The molecule has 0 spiro atoms. The normalized spacial score (nSPS) is 20.8. The van der Waals surface area contributed by atoms with Crippen LogP contribution in [0, 0.1) is 5.82 Å². The summed E-state index contributed by atoms with van der Waals surface area (Å²) in [4.78, 5) is 6.87. The van der Waals surface area contributed by atoms with Crippen molar-refractivity contribution >= 4 is 22.5 Å². The van der Waals surface area contributed by atoms with Gasteiger partial charge in [-0.05, 0) is 37.1 Å². The van der Waals surface area contributed by atoms with E-state index in [1.54, 1.807) is 12.3 Å². The molecule has 2 aliphatic rings. The van der Waals surface area contributed by atoms with E-state index in [0.29, 0.717) is 12.1 Å². The zero-order valence-corrected chi connectivity index (χ0v) is 17.9. The summed E-state index contributed by atoms with van der Waals surface area (Å²) in [7, 11) is 0. The fourth-order valence-corrected chi connectivity index (χ4v) is 4.98. The Hall–Kier alpha value is -3.45. The predicted octanol–water partition coefficient (Wildman–Crippen LogP) is 4.28. The summed E-state index contributed by atoms with van der Waals surface area (Å²) < 4.78 is 16.1. The molecule has 2 N–H and O–H groups in total. The Labute approximate surface area is 186 Å². The van der Waals surface area contributed by atoms with Crippen molar-refractivity contribution in [1.29, 1.82) is 0 Å². The van der Waals surface area contributed by atoms with Crippen LogP contribution in [0.2, 0.25) is 0 Å². The zero-order chi connectivity index (χ0) is 21.7. The van der Waals surface area contributed by atoms with E-state index >= 15 is 0 Å². The quantitative estimate of drug-likeness (QED) is 0.497. The molecule has 6 nitrogen and oxygen atoms in total. The van der Waals surface area contributed by atoms with E-state index in [9.17, 15) is 4.39 Å². The molecule has 32 heavy (non-hydrogen) atoms. The van der Waals surface area contributed by atoms with Gasteiger partial charge in [0.2, 0.25) is 0 Å². The number of hydrogen-bond acceptors (Lipinski definition) is 5. The van der Waals surface area contributed by atoms with Gasteiger partial charge >= 0.3 is 0 Å². The van der Waals surface area contributed by atoms with Gasteiger partial charge in [-0.15, -0.1) is 5.10 Å². The SMILES string of the molecule is C[C@H](Nc1cc(-n2nc(N3CC4CC3CN4)c3ccc(F)cc32)ccn1)c1ccccc1. The van der Waals surface area contributed by atoms with E-state index in [1.165, 1.54) is 11.6 Å². The Morgan fingerprint density at radius 2 is 2.00 bits per heavy atom. The summed E-state index contributed by atoms with van der Waals surface area (Å²) in [5.74, 6) is 1.42. The highest BCUT2D eigenvalue weighted by Gasteiger charge is 2.39. The van der Waals surface area contributed by atoms with E-state index < -0.39 is 0 Å². The first-order valence-corrected chi connectivity index (χ1v) is 11.1. The number of benzene rings is 2. The highest BCUT2D eigenvalue weighted by atomic mass is 19.1. The first-order chi connectivity index (χ1) is 15.7. The van der Waals surface area contributed by atoms with E-state index in [4.69, 9.17) is 5.10 Å². The Morgan fingerprint density at radius 3 is 2.78 bits per heavy atom. The summed E-state index contributed by atoms with van der Waals surface area (Å²) in [6.45, 7) is 4.02. The molecule has 2 fully saturated rings. The third-order valence-corrected chi connectivity index (χ3v) is 6.60. The number of nitrogens with zero attached hydrogens (tertiary/aromatic N) is 4. The standard InChI is InChI=1S/C25H25FN6/c1-16(17-5-3-2-4-6-17)29-24-13-20(9-10-27-24)32-23-11-18(26)7-8-22(23)25(30-32)31-15-19-12-21(31)14-28-19/h2-11,13,16,19,21,28H,12,14-15H2,1H3,(H,27,29)/t16-,19?,21?/m0/s1. The number of piperazine rings is 1. The van der Waals surface area contributed by atoms with Gasteiger partial charge in [0.05, 0.1) is 11.2 Å². The molecular formula is C25H25FN6. The average Bonchev–Trinajstić information content (AvgIpc) is 3.54. The topological polar surface area (TPSA) is 58.0 Å². The smallest absolute Gasteiger partial charge is 0.159 e. The summed E-state index contributed by atoms with van der Waals surface area (Å²) >= 11 is 0. The van der Waals surface area contributed by atoms with Crippen molar-refractivity contribution in [3.8, 4) is 5.69 Å². The van der Waals surface area contributed by atoms with E-state index in [1.807, 2.05) is 41.1 Å². The van der Waals surface area contributed by atoms with Crippen LogP contribution in [0.3, 0.4) is 0 Å². The first kappa shape index (κ1) is 19.3. The number of nitrogens with one attached hydrogen (secondary N) is 2. The van der Waals surface area contributed by atoms with Gasteiger partial charge in [0.1, 0.15) is 11.6 Å². The van der Waals surface area contributed by atoms with Gasteiger partial charge in [0.25, 0.3) is 0 Å². The number of rotatable bonds is 5. The number of anilines is 2. The molecule has 3 atom stereocenters. The summed E-state index contributed by atoms with van der Waals surface area (Å²) in [5, 5.41) is 13.0. The highest BCUT2D eigenvalue weighted by molar-refractivity contribution is 5.92. The summed E-state index contributed by atoms with van der Waals surface area (Å²) in [5.41, 5.74) is 2.81. The van der Waals surface area contributed by atoms with Gasteiger partial charge in [-0.2, -0.15) is 0 Å². The molecule has 162 valence electrons. The fraction of sp³-hybridized carbons (Fsp3) is 0.280. The second-order valence-electron chi connectivity index (χ2n) is 8.72. The average molecular weight is 429 g/mol. The van der Waals surface area contributed by atoms with Crippen LogP contribution in [0.25, 0.3) is 16.6 Å². The number of halogens is 1. The molecule has 2 aliphatic heterocycles. The van der Waals surface area contributed by atoms with Crippen LogP contribution >= 0.6 is 0 Å². The Morgan fingerprint density at radius 1 is 1.12 bits per heavy atom. The Balaban J connectivity index is 1.38. The van der Waals surface area contributed by atoms with Crippen LogP contribution in [0.1, 0.15) is 24.9 Å². The summed E-state index contributed by atoms with van der Waals surface area (Å²) in [6, 6.07) is 20.1. The van der Waals surface area contributed by atoms with Crippen molar-refractivity contribution in [1.82, 2.24) is 20.1 Å². The predicted molar refractivity (Wildman–Crippen MR) is 125 cm³/mol. The maximum atomic E-state index is 14.2. The number of hydrogen-bond donors (Lipinski definition) is 2. The largest absolute Gasteiger partial charge is 0.363 e. The maximum absolute atomic E-state index is 14.2. The van der Waals surface area contributed by atoms with E-state index in [-0.39, 0.29) is 11.9 Å². The van der Waals surface area contributed by atoms with Gasteiger partial charge in [-0.1, -0.05) is 30.3 Å². The molecule has 6 rings (SSSR count). The molecule has 0 saturated carbocycles. The monoisotopic (exact) mass is 428 g/mol. The number of pyridine rings is 1. The molecule has 4 aromatic rings. The van der Waals surface area contributed by atoms with Crippen molar-refractivity contribution in [3.05, 3.63) is 78.2 Å². The second kappa shape index (κ2) is 7.60. The van der Waals surface area contributed by atoms with Crippen LogP contribution in [-0.4, -0.2) is 39.9 Å². The minimum atomic E-state index is -0.264. The molecule has 2 aromatic carbocycles. The van der Waals surface area contributed by atoms with Gasteiger partial charge in [0.15, 0.2) is 5.82 Å². The van der Waals surface area contributed by atoms with Gasteiger partial charge < -0.3 is 15.5 Å². The molecule has 0 amide bonds. The summed E-state index contributed by atoms with van der Waals surface area (Å²) in [6.07, 6.45) is 2.90. The second-order valence-corrected chi connectivity index (χ2v) is 8.72. The van der Waals surface area contributed by atoms with Crippen LogP contribution in [-0.2, 0) is 0 Å². The molecule has 2 unspecified atom stereocenters. The fourth-order valence-electron chi connectivity index (χ4n) is 4.98. The molecule has 7 heteroatoms. The molecule has 0 aliphatic carbocycles. The lowest BCUT2D eigenvalue weighted by atomic mass is 10.1. The van der Waals surface area contributed by atoms with Gasteiger partial charge in [-0.25, -0.2) is 14.1 Å². The third kappa shape index (κ3) is 3.29. The van der Waals surface area contributed by atoms with Crippen LogP contribution < -0.4 is 15.5 Å². The lowest BCUT2D eigenvalue weighted by Gasteiger charge is -2.27. The van der Waals surface area contributed by atoms with Crippen LogP contribution in [0.15, 0.2) is 66.9 Å². The minimum Gasteiger partial charge on any atom is -0.363 e. The maximum Gasteiger partial charge on any atom is 0.159 e. The molecular weight excluding hydrogens is 403 g/mol. The van der Waals surface area contributed by atoms with Crippen molar-refractivity contribution in [2.75, 3.05) is 23.3 Å². The lowest BCUT2D eigenvalue weighted by Crippen LogP contribution is -2.43. The Kier molecular flexibility index (Phi) is 4.57. The minimum absolute atomic E-state index is 0.106. The van der Waals surface area contributed by atoms with Crippen molar-refractivity contribution in [3.63, 3.8) is 0 Å². The first-order valence-electron chi connectivity index (χ1n) is 11.1. The van der Waals surface area contributed by atoms with E-state index in [0.717, 1.165) is 47.7 Å². The van der Waals surface area contributed by atoms with Gasteiger partial charge in [-0.3, -0.25) is 0 Å². The van der Waals surface area contributed by atoms with Crippen LogP contribution in [0.5, 0.6) is 0 Å². The number of fused-ring (bicyclic) bond motifs is 3. The molecule has 4 heterocycles. The van der Waals surface area contributed by atoms with Crippen molar-refractivity contribution < 1.29 is 4.39 Å². The van der Waals surface area contributed by atoms with E-state index in [2.05, 4.69) is 39.6 Å². The molecule has 2 bridgehead atoms. The highest BCUT2D eigenvalue weighted by Crippen LogP contribution is 2.35. The lowest BCUT2D eigenvalue weighted by molar-refractivity contribution is 0.575. The van der Waals surface area contributed by atoms with Crippen LogP contribution in [0.4, 0.5) is 16.0 Å². The molecule has 0 radical (unpaired) electrons. The Bertz CT molecular complexity index is 1270.